The number of hydrogen-bond donors (Lipinski definition) is 0. The highest BCUT2D eigenvalue weighted by molar-refractivity contribution is 6.30. The van der Waals surface area contributed by atoms with Gasteiger partial charge in [0, 0.05) is 5.56 Å². The molecular weight excluding hydrogens is 196 g/mol. The Hall–Kier alpha value is -0.820. The summed E-state index contributed by atoms with van der Waals surface area (Å²) >= 11 is 5.51. The molecule has 0 aliphatic rings. The van der Waals surface area contributed by atoms with Gasteiger partial charge in [0.2, 0.25) is 0 Å². The summed E-state index contributed by atoms with van der Waals surface area (Å²) in [6.45, 7) is 4.22. The van der Waals surface area contributed by atoms with Crippen LogP contribution < -0.4 is 0 Å². The van der Waals surface area contributed by atoms with Gasteiger partial charge in [0.15, 0.2) is 5.78 Å². The molecule has 0 aliphatic heterocycles. The standard InChI is InChI=1S/C12H15ClO/c1-3-9-5-6-11(12(14)8-13)7-10(9)4-2/h5-7H,3-4,8H2,1-2H3. The molecule has 0 saturated carbocycles. The minimum Gasteiger partial charge on any atom is -0.293 e. The number of rotatable bonds is 4. The van der Waals surface area contributed by atoms with E-state index in [4.69, 9.17) is 11.6 Å². The van der Waals surface area contributed by atoms with E-state index in [1.165, 1.54) is 11.1 Å². The summed E-state index contributed by atoms with van der Waals surface area (Å²) in [4.78, 5) is 11.3. The lowest BCUT2D eigenvalue weighted by Gasteiger charge is -2.07. The topological polar surface area (TPSA) is 17.1 Å². The van der Waals surface area contributed by atoms with Crippen molar-refractivity contribution < 1.29 is 4.79 Å². The Labute approximate surface area is 90.1 Å². The predicted octanol–water partition coefficient (Wildman–Crippen LogP) is 3.23. The summed E-state index contributed by atoms with van der Waals surface area (Å²) < 4.78 is 0. The summed E-state index contributed by atoms with van der Waals surface area (Å²) in [7, 11) is 0. The van der Waals surface area contributed by atoms with E-state index in [9.17, 15) is 4.79 Å². The molecule has 0 N–H and O–H groups in total. The van der Waals surface area contributed by atoms with Crippen LogP contribution in [-0.2, 0) is 12.8 Å². The normalized spacial score (nSPS) is 10.2. The number of benzene rings is 1. The van der Waals surface area contributed by atoms with E-state index in [2.05, 4.69) is 13.8 Å². The van der Waals surface area contributed by atoms with Crippen LogP contribution in [0.3, 0.4) is 0 Å². The van der Waals surface area contributed by atoms with Crippen LogP contribution in [0, 0.1) is 0 Å². The van der Waals surface area contributed by atoms with E-state index in [-0.39, 0.29) is 11.7 Å². The average Bonchev–Trinajstić information content (AvgIpc) is 2.26. The number of carbonyl (C=O) groups excluding carboxylic acids is 1. The number of Topliss-reactive ketones (excluding diaryl/α,β-unsaturated/α-hetero) is 1. The predicted molar refractivity (Wildman–Crippen MR) is 60.2 cm³/mol. The Morgan fingerprint density at radius 1 is 1.21 bits per heavy atom. The van der Waals surface area contributed by atoms with Crippen LogP contribution in [0.1, 0.15) is 35.3 Å². The molecule has 0 atom stereocenters. The molecular formula is C12H15ClO. The van der Waals surface area contributed by atoms with Crippen LogP contribution in [0.25, 0.3) is 0 Å². The quantitative estimate of drug-likeness (QED) is 0.551. The van der Waals surface area contributed by atoms with Gasteiger partial charge in [0.1, 0.15) is 0 Å². The maximum Gasteiger partial charge on any atom is 0.177 e. The molecule has 0 heterocycles. The van der Waals surface area contributed by atoms with Crippen molar-refractivity contribution in [2.24, 2.45) is 0 Å². The molecule has 1 aromatic carbocycles. The van der Waals surface area contributed by atoms with Gasteiger partial charge in [0.05, 0.1) is 5.88 Å². The Morgan fingerprint density at radius 3 is 2.36 bits per heavy atom. The number of ketones is 1. The first-order valence-electron chi connectivity index (χ1n) is 4.93. The summed E-state index contributed by atoms with van der Waals surface area (Å²) in [6, 6.07) is 5.85. The van der Waals surface area contributed by atoms with E-state index >= 15 is 0 Å². The fourth-order valence-corrected chi connectivity index (χ4v) is 1.70. The lowest BCUT2D eigenvalue weighted by molar-refractivity contribution is 0.102. The smallest absolute Gasteiger partial charge is 0.177 e. The molecule has 0 amide bonds. The van der Waals surface area contributed by atoms with Crippen molar-refractivity contribution >= 4 is 17.4 Å². The van der Waals surface area contributed by atoms with Crippen molar-refractivity contribution in [2.75, 3.05) is 5.88 Å². The maximum absolute atomic E-state index is 11.3. The molecule has 0 fully saturated rings. The van der Waals surface area contributed by atoms with Gasteiger partial charge in [-0.1, -0.05) is 26.0 Å². The van der Waals surface area contributed by atoms with Crippen molar-refractivity contribution in [3.63, 3.8) is 0 Å². The Balaban J connectivity index is 3.07. The van der Waals surface area contributed by atoms with Crippen molar-refractivity contribution in [2.45, 2.75) is 26.7 Å². The van der Waals surface area contributed by atoms with E-state index in [1.807, 2.05) is 18.2 Å². The maximum atomic E-state index is 11.3. The molecule has 1 nitrogen and oxygen atoms in total. The van der Waals surface area contributed by atoms with Crippen molar-refractivity contribution in [3.8, 4) is 0 Å². The Morgan fingerprint density at radius 2 is 1.86 bits per heavy atom. The van der Waals surface area contributed by atoms with E-state index in [1.54, 1.807) is 0 Å². The van der Waals surface area contributed by atoms with Gasteiger partial charge in [-0.25, -0.2) is 0 Å². The lowest BCUT2D eigenvalue weighted by Crippen LogP contribution is -2.02. The number of carbonyl (C=O) groups is 1. The molecule has 0 saturated heterocycles. The number of hydrogen-bond acceptors (Lipinski definition) is 1. The fourth-order valence-electron chi connectivity index (χ4n) is 1.55. The van der Waals surface area contributed by atoms with E-state index in [0.29, 0.717) is 0 Å². The van der Waals surface area contributed by atoms with Gasteiger partial charge in [-0.15, -0.1) is 11.6 Å². The lowest BCUT2D eigenvalue weighted by atomic mass is 9.99. The molecule has 1 rings (SSSR count). The zero-order valence-corrected chi connectivity index (χ0v) is 9.40. The second-order valence-corrected chi connectivity index (χ2v) is 3.51. The van der Waals surface area contributed by atoms with Gasteiger partial charge in [-0.3, -0.25) is 4.79 Å². The van der Waals surface area contributed by atoms with Gasteiger partial charge in [0.25, 0.3) is 0 Å². The fraction of sp³-hybridized carbons (Fsp3) is 0.417. The summed E-state index contributed by atoms with van der Waals surface area (Å²) in [5.41, 5.74) is 3.30. The molecule has 0 aromatic heterocycles. The van der Waals surface area contributed by atoms with Crippen LogP contribution in [0.5, 0.6) is 0 Å². The van der Waals surface area contributed by atoms with E-state index in [0.717, 1.165) is 18.4 Å². The van der Waals surface area contributed by atoms with Crippen LogP contribution in [-0.4, -0.2) is 11.7 Å². The first-order valence-corrected chi connectivity index (χ1v) is 5.47. The van der Waals surface area contributed by atoms with Crippen molar-refractivity contribution in [1.82, 2.24) is 0 Å². The largest absolute Gasteiger partial charge is 0.293 e. The summed E-state index contributed by atoms with van der Waals surface area (Å²) in [5.74, 6) is 0.0678. The highest BCUT2D eigenvalue weighted by Gasteiger charge is 2.06. The minimum absolute atomic E-state index is 0.00372. The molecule has 0 bridgehead atoms. The molecule has 0 aliphatic carbocycles. The van der Waals surface area contributed by atoms with Gasteiger partial charge in [-0.05, 0) is 30.0 Å². The zero-order chi connectivity index (χ0) is 10.6. The Bertz CT molecular complexity index is 331. The van der Waals surface area contributed by atoms with Gasteiger partial charge >= 0.3 is 0 Å². The molecule has 14 heavy (non-hydrogen) atoms. The third kappa shape index (κ3) is 2.36. The number of alkyl halides is 1. The number of halogens is 1. The first-order chi connectivity index (χ1) is 6.72. The van der Waals surface area contributed by atoms with Crippen LogP contribution in [0.15, 0.2) is 18.2 Å². The molecule has 76 valence electrons. The molecule has 0 spiro atoms. The van der Waals surface area contributed by atoms with Crippen molar-refractivity contribution in [1.29, 1.82) is 0 Å². The molecule has 2 heteroatoms. The summed E-state index contributed by atoms with van der Waals surface area (Å²) in [5, 5.41) is 0. The molecule has 1 aromatic rings. The van der Waals surface area contributed by atoms with Crippen LogP contribution >= 0.6 is 11.6 Å². The monoisotopic (exact) mass is 210 g/mol. The Kier molecular flexibility index (Phi) is 4.15. The first kappa shape index (κ1) is 11.3. The average molecular weight is 211 g/mol. The molecule has 0 unspecified atom stereocenters. The van der Waals surface area contributed by atoms with Crippen LogP contribution in [0.2, 0.25) is 0 Å². The third-order valence-corrected chi connectivity index (χ3v) is 2.65. The number of aryl methyl sites for hydroxylation is 2. The van der Waals surface area contributed by atoms with E-state index < -0.39 is 0 Å². The highest BCUT2D eigenvalue weighted by Crippen LogP contribution is 2.14. The highest BCUT2D eigenvalue weighted by atomic mass is 35.5. The van der Waals surface area contributed by atoms with Crippen LogP contribution in [0.4, 0.5) is 0 Å². The third-order valence-electron chi connectivity index (χ3n) is 2.41. The van der Waals surface area contributed by atoms with Gasteiger partial charge < -0.3 is 0 Å². The summed E-state index contributed by atoms with van der Waals surface area (Å²) in [6.07, 6.45) is 1.98. The van der Waals surface area contributed by atoms with Crippen molar-refractivity contribution in [3.05, 3.63) is 34.9 Å². The molecule has 0 radical (unpaired) electrons. The van der Waals surface area contributed by atoms with Gasteiger partial charge in [-0.2, -0.15) is 0 Å². The zero-order valence-electron chi connectivity index (χ0n) is 8.64. The second-order valence-electron chi connectivity index (χ2n) is 3.25. The second kappa shape index (κ2) is 5.16. The minimum atomic E-state index is 0.00372. The SMILES string of the molecule is CCc1ccc(C(=O)CCl)cc1CC.